The van der Waals surface area contributed by atoms with Crippen molar-refractivity contribution in [3.63, 3.8) is 0 Å². The van der Waals surface area contributed by atoms with Gasteiger partial charge in [0.25, 0.3) is 0 Å². The van der Waals surface area contributed by atoms with Crippen molar-refractivity contribution < 1.29 is 4.89 Å². The molecule has 1 N–H and O–H groups in total. The lowest BCUT2D eigenvalue weighted by atomic mass is 9.94. The van der Waals surface area contributed by atoms with Crippen molar-refractivity contribution in [2.75, 3.05) is 0 Å². The smallest absolute Gasteiger partial charge is 0.0340 e. The van der Waals surface area contributed by atoms with Gasteiger partial charge in [-0.25, -0.2) is 0 Å². The highest BCUT2D eigenvalue weighted by atomic mass is 31.1. The van der Waals surface area contributed by atoms with Crippen LogP contribution in [0.5, 0.6) is 0 Å². The van der Waals surface area contributed by atoms with Gasteiger partial charge in [0.15, 0.2) is 0 Å². The van der Waals surface area contributed by atoms with E-state index in [2.05, 4.69) is 34.6 Å². The van der Waals surface area contributed by atoms with Crippen LogP contribution in [0.2, 0.25) is 0 Å². The van der Waals surface area contributed by atoms with E-state index in [0.29, 0.717) is 5.66 Å². The first kappa shape index (κ1) is 12.5. The first-order valence-electron chi connectivity index (χ1n) is 5.82. The van der Waals surface area contributed by atoms with Crippen LogP contribution in [0.25, 0.3) is 0 Å². The third-order valence-electron chi connectivity index (χ3n) is 3.39. The van der Waals surface area contributed by atoms with Crippen LogP contribution in [0.3, 0.4) is 0 Å². The third kappa shape index (κ3) is 2.70. The second kappa shape index (κ2) is 4.49. The second-order valence-electron chi connectivity index (χ2n) is 5.92. The molecular formula is C12H25OP. The topological polar surface area (TPSA) is 20.2 Å². The van der Waals surface area contributed by atoms with Crippen LogP contribution in [-0.2, 0) is 0 Å². The van der Waals surface area contributed by atoms with Gasteiger partial charge in [-0.3, -0.25) is 0 Å². The van der Waals surface area contributed by atoms with Crippen LogP contribution in [0, 0.1) is 11.8 Å². The number of hydrogen-bond donors (Lipinski definition) is 1. The van der Waals surface area contributed by atoms with E-state index in [-0.39, 0.29) is 5.16 Å². The van der Waals surface area contributed by atoms with Crippen LogP contribution in [0.4, 0.5) is 0 Å². The molecule has 3 atom stereocenters. The molecule has 1 aliphatic rings. The SMILES string of the molecule is CC(C)C1CCCC1P(O)C(C)(C)C. The van der Waals surface area contributed by atoms with Gasteiger partial charge in [-0.15, -0.1) is 0 Å². The molecule has 0 aromatic rings. The van der Waals surface area contributed by atoms with Gasteiger partial charge >= 0.3 is 0 Å². The maximum Gasteiger partial charge on any atom is 0.0340 e. The minimum absolute atomic E-state index is 0.109. The zero-order valence-electron chi connectivity index (χ0n) is 10.2. The third-order valence-corrected chi connectivity index (χ3v) is 6.03. The normalized spacial score (nSPS) is 31.1. The van der Waals surface area contributed by atoms with Crippen LogP contribution in [0.1, 0.15) is 53.9 Å². The summed E-state index contributed by atoms with van der Waals surface area (Å²) in [6.07, 6.45) is 3.91. The van der Waals surface area contributed by atoms with Gasteiger partial charge in [-0.1, -0.05) is 41.0 Å². The van der Waals surface area contributed by atoms with Crippen molar-refractivity contribution >= 4 is 8.15 Å². The van der Waals surface area contributed by atoms with E-state index in [1.54, 1.807) is 0 Å². The monoisotopic (exact) mass is 216 g/mol. The van der Waals surface area contributed by atoms with Crippen LogP contribution < -0.4 is 0 Å². The lowest BCUT2D eigenvalue weighted by Crippen LogP contribution is -2.25. The predicted molar refractivity (Wildman–Crippen MR) is 64.9 cm³/mol. The van der Waals surface area contributed by atoms with Crippen LogP contribution >= 0.6 is 8.15 Å². The molecule has 1 saturated carbocycles. The van der Waals surface area contributed by atoms with Crippen LogP contribution in [0.15, 0.2) is 0 Å². The molecule has 1 rings (SSSR count). The van der Waals surface area contributed by atoms with Gasteiger partial charge in [0.2, 0.25) is 0 Å². The summed E-state index contributed by atoms with van der Waals surface area (Å²) in [6, 6.07) is 0. The molecule has 0 spiro atoms. The molecule has 0 amide bonds. The van der Waals surface area contributed by atoms with Gasteiger partial charge in [0.05, 0.1) is 0 Å². The quantitative estimate of drug-likeness (QED) is 0.692. The minimum atomic E-state index is -0.794. The molecule has 84 valence electrons. The van der Waals surface area contributed by atoms with Crippen molar-refractivity contribution in [2.45, 2.75) is 64.7 Å². The zero-order valence-corrected chi connectivity index (χ0v) is 11.1. The second-order valence-corrected chi connectivity index (χ2v) is 8.62. The molecule has 1 fully saturated rings. The lowest BCUT2D eigenvalue weighted by Gasteiger charge is -2.35. The fourth-order valence-corrected chi connectivity index (χ4v) is 4.83. The predicted octanol–water partition coefficient (Wildman–Crippen LogP) is 4.00. The van der Waals surface area contributed by atoms with E-state index < -0.39 is 8.15 Å². The Morgan fingerprint density at radius 1 is 1.21 bits per heavy atom. The Balaban J connectivity index is 2.67. The first-order chi connectivity index (χ1) is 6.34. The Kier molecular flexibility index (Phi) is 4.00. The van der Waals surface area contributed by atoms with Crippen molar-refractivity contribution in [1.29, 1.82) is 0 Å². The molecule has 0 heterocycles. The number of hydrogen-bond acceptors (Lipinski definition) is 1. The minimum Gasteiger partial charge on any atom is -0.373 e. The Labute approximate surface area is 90.1 Å². The Bertz CT molecular complexity index is 183. The largest absolute Gasteiger partial charge is 0.373 e. The maximum atomic E-state index is 10.4. The van der Waals surface area contributed by atoms with Crippen molar-refractivity contribution in [3.8, 4) is 0 Å². The van der Waals surface area contributed by atoms with Gasteiger partial charge in [0, 0.05) is 19.0 Å². The van der Waals surface area contributed by atoms with E-state index in [9.17, 15) is 4.89 Å². The molecule has 0 bridgehead atoms. The molecule has 2 heteroatoms. The van der Waals surface area contributed by atoms with E-state index in [4.69, 9.17) is 0 Å². The van der Waals surface area contributed by atoms with Crippen molar-refractivity contribution in [2.24, 2.45) is 11.8 Å². The first-order valence-corrected chi connectivity index (χ1v) is 7.18. The number of rotatable bonds is 2. The highest BCUT2D eigenvalue weighted by molar-refractivity contribution is 7.54. The average molecular weight is 216 g/mol. The van der Waals surface area contributed by atoms with E-state index in [0.717, 1.165) is 11.8 Å². The van der Waals surface area contributed by atoms with Gasteiger partial charge in [0.1, 0.15) is 0 Å². The molecule has 0 radical (unpaired) electrons. The Hall–Kier alpha value is 0.390. The van der Waals surface area contributed by atoms with Crippen molar-refractivity contribution in [3.05, 3.63) is 0 Å². The summed E-state index contributed by atoms with van der Waals surface area (Å²) in [5.74, 6) is 1.51. The summed E-state index contributed by atoms with van der Waals surface area (Å²) in [6.45, 7) is 11.1. The molecule has 0 aromatic carbocycles. The Morgan fingerprint density at radius 2 is 1.79 bits per heavy atom. The molecule has 0 aliphatic heterocycles. The summed E-state index contributed by atoms with van der Waals surface area (Å²) >= 11 is 0. The summed E-state index contributed by atoms with van der Waals surface area (Å²) in [5.41, 5.74) is 0.602. The van der Waals surface area contributed by atoms with E-state index >= 15 is 0 Å². The molecule has 1 nitrogen and oxygen atoms in total. The Morgan fingerprint density at radius 3 is 2.21 bits per heavy atom. The lowest BCUT2D eigenvalue weighted by molar-refractivity contribution is 0.386. The summed E-state index contributed by atoms with van der Waals surface area (Å²) in [7, 11) is -0.794. The fraction of sp³-hybridized carbons (Fsp3) is 1.00. The van der Waals surface area contributed by atoms with Gasteiger partial charge in [-0.2, -0.15) is 0 Å². The molecule has 1 aliphatic carbocycles. The molecule has 3 unspecified atom stereocenters. The maximum absolute atomic E-state index is 10.4. The average Bonchev–Trinajstić information content (AvgIpc) is 2.48. The summed E-state index contributed by atoms with van der Waals surface area (Å²) < 4.78 is 0. The van der Waals surface area contributed by atoms with E-state index in [1.807, 2.05) is 0 Å². The zero-order chi connectivity index (χ0) is 10.9. The highest BCUT2D eigenvalue weighted by Gasteiger charge is 2.39. The van der Waals surface area contributed by atoms with Crippen LogP contribution in [-0.4, -0.2) is 15.7 Å². The molecular weight excluding hydrogens is 191 g/mol. The molecule has 0 aromatic heterocycles. The standard InChI is InChI=1S/C12H25OP/c1-9(2)10-7-6-8-11(10)14(13)12(3,4)5/h9-11,13H,6-8H2,1-5H3. The van der Waals surface area contributed by atoms with Gasteiger partial charge < -0.3 is 4.89 Å². The summed E-state index contributed by atoms with van der Waals surface area (Å²) in [5, 5.41) is 0.109. The highest BCUT2D eigenvalue weighted by Crippen LogP contribution is 2.57. The molecule has 14 heavy (non-hydrogen) atoms. The fourth-order valence-electron chi connectivity index (χ4n) is 2.55. The molecule has 0 saturated heterocycles. The van der Waals surface area contributed by atoms with E-state index in [1.165, 1.54) is 19.3 Å². The van der Waals surface area contributed by atoms with Crippen molar-refractivity contribution in [1.82, 2.24) is 0 Å². The van der Waals surface area contributed by atoms with Gasteiger partial charge in [-0.05, 0) is 24.7 Å². The summed E-state index contributed by atoms with van der Waals surface area (Å²) in [4.78, 5) is 10.4.